The number of halogens is 2. The van der Waals surface area contributed by atoms with Crippen LogP contribution in [0.2, 0.25) is 0 Å². The number of nitrogens with two attached hydrogens (primary N) is 1. The zero-order chi connectivity index (χ0) is 29.3. The summed E-state index contributed by atoms with van der Waals surface area (Å²) in [7, 11) is 0. The number of nitrogens with zero attached hydrogens (tertiary/aromatic N) is 1. The number of carbonyl (C=O) groups is 3. The number of carbonyl (C=O) groups excluding carboxylic acids is 3. The Morgan fingerprint density at radius 1 is 1.10 bits per heavy atom. The summed E-state index contributed by atoms with van der Waals surface area (Å²) in [4.78, 5) is 42.0. The van der Waals surface area contributed by atoms with Gasteiger partial charge in [-0.2, -0.15) is 8.78 Å². The maximum absolute atomic E-state index is 15.1. The molecule has 3 aliphatic rings. The Kier molecular flexibility index (Phi) is 6.25. The van der Waals surface area contributed by atoms with Crippen molar-refractivity contribution in [2.45, 2.75) is 50.7 Å². The Bertz CT molecular complexity index is 1620. The topological polar surface area (TPSA) is 128 Å². The van der Waals surface area contributed by atoms with E-state index >= 15 is 8.78 Å². The minimum absolute atomic E-state index is 0.0331. The second kappa shape index (κ2) is 9.47. The molecule has 3 aromatic rings. The summed E-state index contributed by atoms with van der Waals surface area (Å²) < 4.78 is 30.2. The van der Waals surface area contributed by atoms with Crippen molar-refractivity contribution in [3.63, 3.8) is 0 Å². The third-order valence-corrected chi connectivity index (χ3v) is 9.63. The minimum atomic E-state index is -3.22. The summed E-state index contributed by atoms with van der Waals surface area (Å²) >= 11 is 1.39. The lowest BCUT2D eigenvalue weighted by Gasteiger charge is -2.28. The molecule has 0 radical (unpaired) electrons. The van der Waals surface area contributed by atoms with Crippen molar-refractivity contribution in [1.82, 2.24) is 15.5 Å². The van der Waals surface area contributed by atoms with E-state index in [4.69, 9.17) is 11.1 Å². The number of hydrogen-bond acceptors (Lipinski definition) is 5. The van der Waals surface area contributed by atoms with Crippen LogP contribution in [0.25, 0.3) is 11.1 Å². The smallest absolute Gasteiger partial charge is 0.299 e. The van der Waals surface area contributed by atoms with Crippen LogP contribution in [0.5, 0.6) is 0 Å². The first-order valence-electron chi connectivity index (χ1n) is 13.4. The highest BCUT2D eigenvalue weighted by atomic mass is 32.1. The molecule has 2 aromatic carbocycles. The molecule has 8 nitrogen and oxygen atoms in total. The first kappa shape index (κ1) is 27.1. The van der Waals surface area contributed by atoms with Crippen molar-refractivity contribution >= 4 is 34.9 Å². The molecule has 4 atom stereocenters. The Morgan fingerprint density at radius 3 is 2.56 bits per heavy atom. The monoisotopic (exact) mass is 577 g/mol. The molecule has 11 heteroatoms. The first-order chi connectivity index (χ1) is 19.4. The van der Waals surface area contributed by atoms with Crippen molar-refractivity contribution in [3.05, 3.63) is 81.0 Å². The van der Waals surface area contributed by atoms with Crippen LogP contribution in [0.15, 0.2) is 53.9 Å². The molecule has 212 valence electrons. The summed E-state index contributed by atoms with van der Waals surface area (Å²) in [6.07, 6.45) is 1.29. The predicted octanol–water partition coefficient (Wildman–Crippen LogP) is 4.14. The van der Waals surface area contributed by atoms with Crippen LogP contribution in [0.1, 0.15) is 64.7 Å². The van der Waals surface area contributed by atoms with E-state index in [-0.39, 0.29) is 52.5 Å². The highest BCUT2D eigenvalue weighted by Crippen LogP contribution is 2.59. The summed E-state index contributed by atoms with van der Waals surface area (Å²) in [5.41, 5.74) is 6.50. The van der Waals surface area contributed by atoms with Gasteiger partial charge in [0.25, 0.3) is 11.8 Å². The molecular weight excluding hydrogens is 548 g/mol. The number of thiophene rings is 1. The van der Waals surface area contributed by atoms with Gasteiger partial charge in [-0.1, -0.05) is 37.3 Å². The van der Waals surface area contributed by atoms with Crippen LogP contribution in [0.4, 0.5) is 8.78 Å². The number of benzene rings is 2. The predicted molar refractivity (Wildman–Crippen MR) is 151 cm³/mol. The molecule has 1 unspecified atom stereocenters. The van der Waals surface area contributed by atoms with Crippen molar-refractivity contribution in [2.24, 2.45) is 11.1 Å². The lowest BCUT2D eigenvalue weighted by atomic mass is 10.0. The van der Waals surface area contributed by atoms with Crippen LogP contribution in [0, 0.1) is 10.8 Å². The number of rotatable bonds is 7. The quantitative estimate of drug-likeness (QED) is 0.249. The Hall–Kier alpha value is -4.12. The molecule has 2 heterocycles. The van der Waals surface area contributed by atoms with Gasteiger partial charge in [0.05, 0.1) is 12.6 Å². The minimum Gasteiger partial charge on any atom is -0.384 e. The van der Waals surface area contributed by atoms with Gasteiger partial charge in [0.15, 0.2) is 0 Å². The maximum atomic E-state index is 15.1. The molecule has 3 amide bonds. The third-order valence-electron chi connectivity index (χ3n) is 8.52. The van der Waals surface area contributed by atoms with Gasteiger partial charge in [0, 0.05) is 38.6 Å². The van der Waals surface area contributed by atoms with E-state index in [1.165, 1.54) is 35.6 Å². The molecule has 1 saturated heterocycles. The van der Waals surface area contributed by atoms with Crippen LogP contribution in [0.3, 0.4) is 0 Å². The van der Waals surface area contributed by atoms with E-state index in [1.54, 1.807) is 34.5 Å². The number of nitrogen functional groups attached to an aromatic ring is 1. The number of amidine groups is 1. The number of amides is 3. The summed E-state index contributed by atoms with van der Waals surface area (Å²) in [5.74, 6) is -4.60. The number of hydrogen-bond donors (Lipinski definition) is 4. The molecule has 5 N–H and O–H groups in total. The third kappa shape index (κ3) is 4.48. The van der Waals surface area contributed by atoms with Gasteiger partial charge < -0.3 is 21.3 Å². The van der Waals surface area contributed by atoms with E-state index in [0.717, 1.165) is 11.3 Å². The van der Waals surface area contributed by atoms with Crippen LogP contribution < -0.4 is 16.4 Å². The van der Waals surface area contributed by atoms with Gasteiger partial charge >= 0.3 is 0 Å². The fraction of sp³-hybridized carbons (Fsp3) is 0.333. The Labute approximate surface area is 239 Å². The molecule has 2 aliphatic carbocycles. The largest absolute Gasteiger partial charge is 0.384 e. The lowest BCUT2D eigenvalue weighted by molar-refractivity contribution is -0.139. The van der Waals surface area contributed by atoms with Gasteiger partial charge in [0.2, 0.25) is 11.8 Å². The maximum Gasteiger partial charge on any atom is 0.299 e. The van der Waals surface area contributed by atoms with Crippen LogP contribution >= 0.6 is 11.3 Å². The van der Waals surface area contributed by atoms with Gasteiger partial charge in [-0.25, -0.2) is 0 Å². The molecule has 0 bridgehead atoms. The normalized spacial score (nSPS) is 23.7. The van der Waals surface area contributed by atoms with Crippen LogP contribution in [-0.2, 0) is 15.5 Å². The van der Waals surface area contributed by atoms with E-state index in [2.05, 4.69) is 10.6 Å². The number of piperidine rings is 1. The lowest BCUT2D eigenvalue weighted by Crippen LogP contribution is -2.51. The molecule has 1 aliphatic heterocycles. The average molecular weight is 578 g/mol. The van der Waals surface area contributed by atoms with Crippen molar-refractivity contribution in [3.8, 4) is 11.1 Å². The summed E-state index contributed by atoms with van der Waals surface area (Å²) in [6.45, 7) is 3.51. The molecular formula is C30H29F2N5O3S. The molecule has 41 heavy (non-hydrogen) atoms. The van der Waals surface area contributed by atoms with Crippen molar-refractivity contribution in [2.75, 3.05) is 6.54 Å². The fourth-order valence-corrected chi connectivity index (χ4v) is 7.04. The standard InChI is InChI=1S/C30H29F2N5O3S/c1-15(23-10-17(14-41-23)26(33)34)36-28(40)22-11-29(2)12-24(29)37(22)25(38)13-35-27(39)16-7-8-19-18-5-3-4-6-20(18)30(31,32)21(19)9-16/h3-10,14-15,22,24H,11-13H2,1-2H3,(H3,33,34)(H,35,39)(H,36,40)/t15?,22-,24-,29+/m0/s1. The van der Waals surface area contributed by atoms with Crippen LogP contribution in [-0.4, -0.2) is 47.1 Å². The summed E-state index contributed by atoms with van der Waals surface area (Å²) in [5, 5.41) is 14.9. The van der Waals surface area contributed by atoms with Crippen molar-refractivity contribution < 1.29 is 23.2 Å². The number of alkyl halides is 2. The fourth-order valence-electron chi connectivity index (χ4n) is 6.13. The average Bonchev–Trinajstić information content (AvgIpc) is 3.26. The molecule has 1 saturated carbocycles. The number of nitrogens with one attached hydrogen (secondary N) is 3. The van der Waals surface area contributed by atoms with Crippen molar-refractivity contribution in [1.29, 1.82) is 5.41 Å². The SMILES string of the molecule is CC(NC(=O)[C@@H]1C[C@]2(C)C[C@@H]2N1C(=O)CNC(=O)c1ccc2c(c1)C(F)(F)c1ccccc1-2)c1cc(C(=N)N)cs1. The Morgan fingerprint density at radius 2 is 1.83 bits per heavy atom. The zero-order valence-electron chi connectivity index (χ0n) is 22.5. The number of likely N-dealkylation sites (tertiary alicyclic amines) is 1. The molecule has 2 fully saturated rings. The summed E-state index contributed by atoms with van der Waals surface area (Å²) in [6, 6.07) is 11.1. The van der Waals surface area contributed by atoms with E-state index in [0.29, 0.717) is 23.1 Å². The molecule has 1 aromatic heterocycles. The van der Waals surface area contributed by atoms with E-state index in [1.807, 2.05) is 13.8 Å². The highest BCUT2D eigenvalue weighted by molar-refractivity contribution is 7.10. The second-order valence-corrected chi connectivity index (χ2v) is 12.3. The number of fused-ring (bicyclic) bond motifs is 4. The van der Waals surface area contributed by atoms with Gasteiger partial charge in [-0.05, 0) is 54.5 Å². The highest BCUT2D eigenvalue weighted by Gasteiger charge is 2.64. The molecule has 0 spiro atoms. The van der Waals surface area contributed by atoms with E-state index < -0.39 is 23.8 Å². The molecule has 6 rings (SSSR count). The van der Waals surface area contributed by atoms with Gasteiger partial charge in [0.1, 0.15) is 11.9 Å². The first-order valence-corrected chi connectivity index (χ1v) is 14.2. The van der Waals surface area contributed by atoms with Gasteiger partial charge in [-0.15, -0.1) is 11.3 Å². The van der Waals surface area contributed by atoms with E-state index in [9.17, 15) is 14.4 Å². The van der Waals surface area contributed by atoms with Gasteiger partial charge in [-0.3, -0.25) is 19.8 Å². The Balaban J connectivity index is 1.12. The zero-order valence-corrected chi connectivity index (χ0v) is 23.3. The second-order valence-electron chi connectivity index (χ2n) is 11.3.